The van der Waals surface area contributed by atoms with Gasteiger partial charge in [0.1, 0.15) is 0 Å². The first-order valence-corrected chi connectivity index (χ1v) is 8.42. The summed E-state index contributed by atoms with van der Waals surface area (Å²) in [5.41, 5.74) is 2.46. The molecule has 0 fully saturated rings. The Morgan fingerprint density at radius 3 is 2.75 bits per heavy atom. The lowest BCUT2D eigenvalue weighted by atomic mass is 10.1. The van der Waals surface area contributed by atoms with Crippen LogP contribution >= 0.6 is 11.8 Å². The van der Waals surface area contributed by atoms with Crippen LogP contribution in [0, 0.1) is 0 Å². The monoisotopic (exact) mass is 294 g/mol. The average molecular weight is 294 g/mol. The first kappa shape index (κ1) is 17.1. The molecule has 20 heavy (non-hydrogen) atoms. The summed E-state index contributed by atoms with van der Waals surface area (Å²) in [7, 11) is 2.11. The van der Waals surface area contributed by atoms with Crippen LogP contribution in [0.3, 0.4) is 0 Å². The van der Waals surface area contributed by atoms with Crippen molar-refractivity contribution in [3.8, 4) is 0 Å². The van der Waals surface area contributed by atoms with E-state index in [0.29, 0.717) is 13.0 Å². The van der Waals surface area contributed by atoms with Gasteiger partial charge in [-0.2, -0.15) is 11.8 Å². The second kappa shape index (κ2) is 9.83. The van der Waals surface area contributed by atoms with E-state index in [4.69, 9.17) is 0 Å². The molecule has 112 valence electrons. The van der Waals surface area contributed by atoms with Crippen LogP contribution in [0.15, 0.2) is 24.3 Å². The minimum atomic E-state index is 0.141. The third-order valence-electron chi connectivity index (χ3n) is 3.15. The lowest BCUT2D eigenvalue weighted by Crippen LogP contribution is -2.23. The molecule has 1 amide bonds. The Bertz CT molecular complexity index is 409. The number of amides is 1. The number of thioether (sulfide) groups is 1. The Kier molecular flexibility index (Phi) is 8.38. The Balaban J connectivity index is 2.40. The first-order valence-electron chi connectivity index (χ1n) is 7.26. The molecule has 0 bridgehead atoms. The third-order valence-corrected chi connectivity index (χ3v) is 4.05. The first-order chi connectivity index (χ1) is 9.65. The van der Waals surface area contributed by atoms with E-state index >= 15 is 0 Å². The van der Waals surface area contributed by atoms with Gasteiger partial charge >= 0.3 is 0 Å². The fourth-order valence-electron chi connectivity index (χ4n) is 1.86. The molecular formula is C16H26N2OS. The molecule has 0 atom stereocenters. The van der Waals surface area contributed by atoms with Crippen molar-refractivity contribution >= 4 is 17.7 Å². The zero-order valence-electron chi connectivity index (χ0n) is 12.8. The fraction of sp³-hybridized carbons (Fsp3) is 0.562. The summed E-state index contributed by atoms with van der Waals surface area (Å²) in [5.74, 6) is 2.12. The zero-order valence-corrected chi connectivity index (χ0v) is 13.6. The highest BCUT2D eigenvalue weighted by atomic mass is 32.2. The predicted molar refractivity (Wildman–Crippen MR) is 87.9 cm³/mol. The number of carbonyl (C=O) groups is 1. The minimum Gasteiger partial charge on any atom is -0.352 e. The van der Waals surface area contributed by atoms with Crippen molar-refractivity contribution in [2.45, 2.75) is 33.4 Å². The predicted octanol–water partition coefficient (Wildman–Crippen LogP) is 2.90. The number of hydrogen-bond donors (Lipinski definition) is 1. The highest BCUT2D eigenvalue weighted by Gasteiger charge is 2.03. The van der Waals surface area contributed by atoms with Crippen molar-refractivity contribution in [2.75, 3.05) is 25.1 Å². The summed E-state index contributed by atoms with van der Waals surface area (Å²) < 4.78 is 0. The summed E-state index contributed by atoms with van der Waals surface area (Å²) in [5, 5.41) is 2.99. The van der Waals surface area contributed by atoms with Crippen LogP contribution in [-0.2, 0) is 17.9 Å². The maximum absolute atomic E-state index is 11.7. The van der Waals surface area contributed by atoms with Crippen molar-refractivity contribution in [3.63, 3.8) is 0 Å². The minimum absolute atomic E-state index is 0.141. The smallest absolute Gasteiger partial charge is 0.221 e. The van der Waals surface area contributed by atoms with Gasteiger partial charge in [-0.25, -0.2) is 0 Å². The summed E-state index contributed by atoms with van der Waals surface area (Å²) >= 11 is 1.80. The molecule has 0 radical (unpaired) electrons. The molecule has 0 heterocycles. The van der Waals surface area contributed by atoms with E-state index in [1.165, 1.54) is 11.1 Å². The number of hydrogen-bond acceptors (Lipinski definition) is 3. The molecule has 0 saturated carbocycles. The molecule has 0 aromatic heterocycles. The molecule has 0 unspecified atom stereocenters. The van der Waals surface area contributed by atoms with E-state index < -0.39 is 0 Å². The average Bonchev–Trinajstić information content (AvgIpc) is 2.45. The highest BCUT2D eigenvalue weighted by molar-refractivity contribution is 7.99. The molecule has 1 aromatic rings. The van der Waals surface area contributed by atoms with E-state index in [9.17, 15) is 4.79 Å². The van der Waals surface area contributed by atoms with Crippen LogP contribution in [0.4, 0.5) is 0 Å². The fourth-order valence-corrected chi connectivity index (χ4v) is 2.48. The van der Waals surface area contributed by atoms with Gasteiger partial charge in [-0.05, 0) is 30.5 Å². The van der Waals surface area contributed by atoms with Gasteiger partial charge in [0.15, 0.2) is 0 Å². The SMILES string of the molecule is CCSCCC(=O)NCc1cccc(CN(C)CC)c1. The Hall–Kier alpha value is -1.00. The quantitative estimate of drug-likeness (QED) is 0.711. The van der Waals surface area contributed by atoms with Gasteiger partial charge in [-0.3, -0.25) is 4.79 Å². The maximum atomic E-state index is 11.7. The van der Waals surface area contributed by atoms with Crippen molar-refractivity contribution < 1.29 is 4.79 Å². The van der Waals surface area contributed by atoms with Gasteiger partial charge in [-0.15, -0.1) is 0 Å². The van der Waals surface area contributed by atoms with E-state index in [2.05, 4.69) is 55.4 Å². The Morgan fingerprint density at radius 1 is 1.30 bits per heavy atom. The Labute approximate surface area is 127 Å². The maximum Gasteiger partial charge on any atom is 0.221 e. The number of rotatable bonds is 9. The van der Waals surface area contributed by atoms with Gasteiger partial charge in [-0.1, -0.05) is 38.1 Å². The number of carbonyl (C=O) groups excluding carboxylic acids is 1. The molecule has 0 aliphatic rings. The second-order valence-corrected chi connectivity index (χ2v) is 6.27. The third kappa shape index (κ3) is 6.96. The standard InChI is InChI=1S/C16H26N2OS/c1-4-18(3)13-15-8-6-7-14(11-15)12-17-16(19)9-10-20-5-2/h6-8,11H,4-5,9-10,12-13H2,1-3H3,(H,17,19). The molecule has 1 N–H and O–H groups in total. The van der Waals surface area contributed by atoms with Crippen LogP contribution in [-0.4, -0.2) is 35.9 Å². The molecule has 4 heteroatoms. The summed E-state index contributed by atoms with van der Waals surface area (Å²) in [6, 6.07) is 8.44. The van der Waals surface area contributed by atoms with Crippen LogP contribution in [0.25, 0.3) is 0 Å². The lowest BCUT2D eigenvalue weighted by molar-refractivity contribution is -0.120. The topological polar surface area (TPSA) is 32.3 Å². The van der Waals surface area contributed by atoms with Gasteiger partial charge in [0, 0.05) is 25.3 Å². The van der Waals surface area contributed by atoms with E-state index in [0.717, 1.165) is 24.6 Å². The zero-order chi connectivity index (χ0) is 14.8. The normalized spacial score (nSPS) is 10.8. The van der Waals surface area contributed by atoms with Crippen molar-refractivity contribution in [3.05, 3.63) is 35.4 Å². The number of benzene rings is 1. The molecule has 0 saturated heterocycles. The van der Waals surface area contributed by atoms with Crippen LogP contribution < -0.4 is 5.32 Å². The Morgan fingerprint density at radius 2 is 2.05 bits per heavy atom. The molecular weight excluding hydrogens is 268 g/mol. The molecule has 1 aromatic carbocycles. The van der Waals surface area contributed by atoms with Gasteiger partial charge in [0.05, 0.1) is 0 Å². The summed E-state index contributed by atoms with van der Waals surface area (Å²) in [4.78, 5) is 13.9. The molecule has 3 nitrogen and oxygen atoms in total. The van der Waals surface area contributed by atoms with E-state index in [1.807, 2.05) is 0 Å². The second-order valence-electron chi connectivity index (χ2n) is 4.87. The van der Waals surface area contributed by atoms with E-state index in [1.54, 1.807) is 11.8 Å². The van der Waals surface area contributed by atoms with Gasteiger partial charge < -0.3 is 10.2 Å². The number of nitrogens with zero attached hydrogens (tertiary/aromatic N) is 1. The lowest BCUT2D eigenvalue weighted by Gasteiger charge is -2.14. The van der Waals surface area contributed by atoms with Crippen molar-refractivity contribution in [2.24, 2.45) is 0 Å². The van der Waals surface area contributed by atoms with E-state index in [-0.39, 0.29) is 5.91 Å². The van der Waals surface area contributed by atoms with Crippen LogP contribution in [0.1, 0.15) is 31.4 Å². The van der Waals surface area contributed by atoms with Gasteiger partial charge in [0.25, 0.3) is 0 Å². The molecule has 1 rings (SSSR count). The van der Waals surface area contributed by atoms with Crippen molar-refractivity contribution in [1.82, 2.24) is 10.2 Å². The van der Waals surface area contributed by atoms with Crippen molar-refractivity contribution in [1.29, 1.82) is 0 Å². The van der Waals surface area contributed by atoms with Crippen LogP contribution in [0.5, 0.6) is 0 Å². The molecule has 0 aliphatic heterocycles. The summed E-state index contributed by atoms with van der Waals surface area (Å²) in [6.45, 7) is 6.88. The number of nitrogens with one attached hydrogen (secondary N) is 1. The molecule has 0 spiro atoms. The molecule has 0 aliphatic carbocycles. The highest BCUT2D eigenvalue weighted by Crippen LogP contribution is 2.08. The van der Waals surface area contributed by atoms with Crippen LogP contribution in [0.2, 0.25) is 0 Å². The largest absolute Gasteiger partial charge is 0.352 e. The summed E-state index contributed by atoms with van der Waals surface area (Å²) in [6.07, 6.45) is 0.608. The van der Waals surface area contributed by atoms with Gasteiger partial charge in [0.2, 0.25) is 5.91 Å².